The molecule has 4 rings (SSSR count). The third-order valence-corrected chi connectivity index (χ3v) is 5.49. The molecule has 0 saturated carbocycles. The van der Waals surface area contributed by atoms with Crippen LogP contribution in [0.4, 0.5) is 21.5 Å². The van der Waals surface area contributed by atoms with E-state index in [4.69, 9.17) is 0 Å². The van der Waals surface area contributed by atoms with Gasteiger partial charge in [-0.2, -0.15) is 0 Å². The fourth-order valence-electron chi connectivity index (χ4n) is 3.83. The monoisotopic (exact) mass is 365 g/mol. The van der Waals surface area contributed by atoms with Crippen LogP contribution in [-0.2, 0) is 4.79 Å². The summed E-state index contributed by atoms with van der Waals surface area (Å²) in [7, 11) is 0. The van der Waals surface area contributed by atoms with Crippen molar-refractivity contribution in [2.24, 2.45) is 5.92 Å². The van der Waals surface area contributed by atoms with E-state index in [1.807, 2.05) is 37.3 Å². The molecule has 0 aliphatic carbocycles. The van der Waals surface area contributed by atoms with E-state index in [9.17, 15) is 9.18 Å². The molecule has 0 spiro atoms. The van der Waals surface area contributed by atoms with Crippen LogP contribution in [-0.4, -0.2) is 19.0 Å². The molecule has 1 fully saturated rings. The third-order valence-electron chi connectivity index (χ3n) is 5.49. The lowest BCUT2D eigenvalue weighted by molar-refractivity contribution is -0.110. The average Bonchev–Trinajstić information content (AvgIpc) is 2.97. The normalized spacial score (nSPS) is 18.6. The van der Waals surface area contributed by atoms with E-state index in [1.165, 1.54) is 6.07 Å². The molecule has 0 bridgehead atoms. The van der Waals surface area contributed by atoms with Crippen molar-refractivity contribution in [3.8, 4) is 0 Å². The Balaban J connectivity index is 1.54. The molecule has 2 aromatic carbocycles. The van der Waals surface area contributed by atoms with Gasteiger partial charge in [0.1, 0.15) is 5.82 Å². The van der Waals surface area contributed by atoms with Crippen LogP contribution in [0.1, 0.15) is 30.9 Å². The molecule has 0 radical (unpaired) electrons. The standard InChI is InChI=1S/C22H24FN3O/c1-14-8-10-26(11-9-14)20-7-6-16(12-18(20)23)24-13-17-21-15(2)4-3-5-19(21)25-22(17)27/h3-7,12-14,24H,8-11H2,1-2H3,(H,25,27)/b17-13+. The van der Waals surface area contributed by atoms with Crippen LogP contribution in [0.2, 0.25) is 0 Å². The van der Waals surface area contributed by atoms with Gasteiger partial charge in [-0.15, -0.1) is 0 Å². The Bertz CT molecular complexity index is 914. The fourth-order valence-corrected chi connectivity index (χ4v) is 3.83. The van der Waals surface area contributed by atoms with E-state index in [0.717, 1.165) is 42.7 Å². The molecule has 140 valence electrons. The highest BCUT2D eigenvalue weighted by atomic mass is 19.1. The van der Waals surface area contributed by atoms with Gasteiger partial charge < -0.3 is 15.5 Å². The smallest absolute Gasteiger partial charge is 0.257 e. The van der Waals surface area contributed by atoms with Crippen molar-refractivity contribution < 1.29 is 9.18 Å². The number of nitrogens with one attached hydrogen (secondary N) is 2. The number of piperidine rings is 1. The molecule has 0 atom stereocenters. The van der Waals surface area contributed by atoms with E-state index in [-0.39, 0.29) is 11.7 Å². The van der Waals surface area contributed by atoms with Gasteiger partial charge in [0.2, 0.25) is 0 Å². The number of halogens is 1. The van der Waals surface area contributed by atoms with Crippen LogP contribution in [0.3, 0.4) is 0 Å². The molecule has 2 heterocycles. The Hall–Kier alpha value is -2.82. The summed E-state index contributed by atoms with van der Waals surface area (Å²) in [5, 5.41) is 5.95. The fraction of sp³-hybridized carbons (Fsp3) is 0.318. The van der Waals surface area contributed by atoms with Crippen molar-refractivity contribution in [2.45, 2.75) is 26.7 Å². The van der Waals surface area contributed by atoms with Gasteiger partial charge in [-0.25, -0.2) is 4.39 Å². The minimum Gasteiger partial charge on any atom is -0.369 e. The first kappa shape index (κ1) is 17.6. The third kappa shape index (κ3) is 3.42. The maximum absolute atomic E-state index is 14.6. The first-order valence-electron chi connectivity index (χ1n) is 9.45. The summed E-state index contributed by atoms with van der Waals surface area (Å²) in [6, 6.07) is 10.9. The number of anilines is 3. The maximum Gasteiger partial charge on any atom is 0.257 e. The SMILES string of the molecule is Cc1cccc2c1/C(=C\Nc1ccc(N3CCC(C)CC3)c(F)c1)C(=O)N2. The molecule has 0 unspecified atom stereocenters. The highest BCUT2D eigenvalue weighted by Crippen LogP contribution is 2.34. The molecular weight excluding hydrogens is 341 g/mol. The van der Waals surface area contributed by atoms with Crippen molar-refractivity contribution in [1.82, 2.24) is 0 Å². The number of amides is 1. The number of aryl methyl sites for hydroxylation is 1. The second kappa shape index (κ2) is 7.06. The molecule has 1 saturated heterocycles. The Morgan fingerprint density at radius 1 is 1.22 bits per heavy atom. The molecule has 2 N–H and O–H groups in total. The summed E-state index contributed by atoms with van der Waals surface area (Å²) >= 11 is 0. The Morgan fingerprint density at radius 2 is 2.00 bits per heavy atom. The molecule has 2 aliphatic heterocycles. The molecule has 0 aromatic heterocycles. The number of carbonyl (C=O) groups excluding carboxylic acids is 1. The van der Waals surface area contributed by atoms with Crippen molar-refractivity contribution in [2.75, 3.05) is 28.6 Å². The lowest BCUT2D eigenvalue weighted by atomic mass is 9.99. The summed E-state index contributed by atoms with van der Waals surface area (Å²) in [5.74, 6) is 0.326. The number of fused-ring (bicyclic) bond motifs is 1. The summed E-state index contributed by atoms with van der Waals surface area (Å²) in [4.78, 5) is 14.4. The van der Waals surface area contributed by atoms with Crippen molar-refractivity contribution in [3.63, 3.8) is 0 Å². The zero-order valence-corrected chi connectivity index (χ0v) is 15.7. The predicted octanol–water partition coefficient (Wildman–Crippen LogP) is 4.78. The molecule has 2 aromatic rings. The van der Waals surface area contributed by atoms with E-state index in [2.05, 4.69) is 22.5 Å². The van der Waals surface area contributed by atoms with Crippen molar-refractivity contribution >= 4 is 28.5 Å². The predicted molar refractivity (Wildman–Crippen MR) is 108 cm³/mol. The van der Waals surface area contributed by atoms with Gasteiger partial charge in [0.25, 0.3) is 5.91 Å². The highest BCUT2D eigenvalue weighted by molar-refractivity contribution is 6.32. The second-order valence-electron chi connectivity index (χ2n) is 7.49. The molecule has 1 amide bonds. The summed E-state index contributed by atoms with van der Waals surface area (Å²) in [5.41, 5.74) is 4.59. The first-order chi connectivity index (χ1) is 13.0. The number of hydrogen-bond donors (Lipinski definition) is 2. The summed E-state index contributed by atoms with van der Waals surface area (Å²) < 4.78 is 14.6. The Kier molecular flexibility index (Phi) is 4.60. The van der Waals surface area contributed by atoms with Gasteiger partial charge in [0, 0.05) is 36.2 Å². The molecule has 2 aliphatic rings. The van der Waals surface area contributed by atoms with E-state index < -0.39 is 0 Å². The highest BCUT2D eigenvalue weighted by Gasteiger charge is 2.25. The zero-order chi connectivity index (χ0) is 19.0. The molecule has 5 heteroatoms. The van der Waals surface area contributed by atoms with Gasteiger partial charge >= 0.3 is 0 Å². The van der Waals surface area contributed by atoms with Crippen LogP contribution in [0.25, 0.3) is 5.57 Å². The summed E-state index contributed by atoms with van der Waals surface area (Å²) in [6.45, 7) is 6.00. The van der Waals surface area contributed by atoms with Crippen LogP contribution < -0.4 is 15.5 Å². The lowest BCUT2D eigenvalue weighted by Gasteiger charge is -2.32. The lowest BCUT2D eigenvalue weighted by Crippen LogP contribution is -2.33. The van der Waals surface area contributed by atoms with Gasteiger partial charge in [-0.1, -0.05) is 19.1 Å². The quantitative estimate of drug-likeness (QED) is 0.770. The van der Waals surface area contributed by atoms with Crippen LogP contribution in [0, 0.1) is 18.7 Å². The van der Waals surface area contributed by atoms with Crippen molar-refractivity contribution in [1.29, 1.82) is 0 Å². The van der Waals surface area contributed by atoms with E-state index >= 15 is 0 Å². The minimum absolute atomic E-state index is 0.147. The average molecular weight is 365 g/mol. The van der Waals surface area contributed by atoms with Crippen LogP contribution in [0.15, 0.2) is 42.6 Å². The topological polar surface area (TPSA) is 44.4 Å². The Morgan fingerprint density at radius 3 is 2.74 bits per heavy atom. The van der Waals surface area contributed by atoms with Crippen molar-refractivity contribution in [3.05, 3.63) is 59.5 Å². The maximum atomic E-state index is 14.6. The number of rotatable bonds is 3. The van der Waals surface area contributed by atoms with Gasteiger partial charge in [0.05, 0.1) is 11.3 Å². The molecular formula is C22H24FN3O. The number of carbonyl (C=O) groups is 1. The first-order valence-corrected chi connectivity index (χ1v) is 9.45. The molecule has 4 nitrogen and oxygen atoms in total. The zero-order valence-electron chi connectivity index (χ0n) is 15.7. The van der Waals surface area contributed by atoms with Crippen LogP contribution in [0.5, 0.6) is 0 Å². The number of benzene rings is 2. The molecule has 27 heavy (non-hydrogen) atoms. The number of hydrogen-bond acceptors (Lipinski definition) is 3. The van der Waals surface area contributed by atoms with Gasteiger partial charge in [-0.05, 0) is 55.5 Å². The minimum atomic E-state index is -0.236. The van der Waals surface area contributed by atoms with Gasteiger partial charge in [-0.3, -0.25) is 4.79 Å². The van der Waals surface area contributed by atoms with Gasteiger partial charge in [0.15, 0.2) is 0 Å². The largest absolute Gasteiger partial charge is 0.369 e. The van der Waals surface area contributed by atoms with E-state index in [0.29, 0.717) is 22.9 Å². The van der Waals surface area contributed by atoms with E-state index in [1.54, 1.807) is 6.20 Å². The second-order valence-corrected chi connectivity index (χ2v) is 7.49. The number of nitrogens with zero attached hydrogens (tertiary/aromatic N) is 1. The summed E-state index contributed by atoms with van der Waals surface area (Å²) in [6.07, 6.45) is 3.85. The Labute approximate surface area is 159 Å². The van der Waals surface area contributed by atoms with Crippen LogP contribution >= 0.6 is 0 Å².